The molecule has 1 rings (SSSR count). The molecule has 0 saturated carbocycles. The predicted octanol–water partition coefficient (Wildman–Crippen LogP) is 4.90. The molecule has 0 amide bonds. The maximum Gasteiger partial charge on any atom is 0.101 e. The summed E-state index contributed by atoms with van der Waals surface area (Å²) in [7, 11) is 6.05. The van der Waals surface area contributed by atoms with Crippen molar-refractivity contribution in [2.75, 3.05) is 39.1 Å². The molecule has 0 fully saturated rings. The van der Waals surface area contributed by atoms with Gasteiger partial charge in [0.05, 0.1) is 0 Å². The molecule has 146 valence electrons. The molecule has 26 heavy (non-hydrogen) atoms. The summed E-state index contributed by atoms with van der Waals surface area (Å²) in [6.07, 6.45) is 4.78. The van der Waals surface area contributed by atoms with E-state index in [-0.39, 0.29) is 0 Å². The van der Waals surface area contributed by atoms with Crippen LogP contribution in [0.2, 0.25) is 0 Å². The van der Waals surface area contributed by atoms with E-state index in [4.69, 9.17) is 5.14 Å². The third-order valence-corrected chi connectivity index (χ3v) is 5.41. The number of anilines is 1. The number of rotatable bonds is 11. The van der Waals surface area contributed by atoms with Gasteiger partial charge in [0.25, 0.3) is 0 Å². The Morgan fingerprint density at radius 3 is 2.12 bits per heavy atom. The van der Waals surface area contributed by atoms with E-state index in [9.17, 15) is 0 Å². The fourth-order valence-electron chi connectivity index (χ4n) is 2.91. The van der Waals surface area contributed by atoms with Crippen LogP contribution >= 0.6 is 11.9 Å². The van der Waals surface area contributed by atoms with Crippen molar-refractivity contribution >= 4 is 23.3 Å². The van der Waals surface area contributed by atoms with Gasteiger partial charge in [0, 0.05) is 50.4 Å². The Morgan fingerprint density at radius 1 is 1.12 bits per heavy atom. The van der Waals surface area contributed by atoms with Crippen molar-refractivity contribution < 1.29 is 0 Å². The summed E-state index contributed by atoms with van der Waals surface area (Å²) >= 11 is 1.32. The molecule has 0 saturated heterocycles. The fourth-order valence-corrected chi connectivity index (χ4v) is 3.39. The number of nitrogens with zero attached hydrogens (tertiary/aromatic N) is 3. The van der Waals surface area contributed by atoms with Gasteiger partial charge < -0.3 is 9.91 Å². The van der Waals surface area contributed by atoms with Crippen molar-refractivity contribution in [1.29, 1.82) is 0 Å². The first-order chi connectivity index (χ1) is 12.4. The molecule has 4 nitrogen and oxygen atoms in total. The van der Waals surface area contributed by atoms with E-state index in [1.807, 2.05) is 26.2 Å². The van der Waals surface area contributed by atoms with Gasteiger partial charge in [-0.2, -0.15) is 0 Å². The van der Waals surface area contributed by atoms with Crippen molar-refractivity contribution in [1.82, 2.24) is 10.0 Å². The molecule has 0 aliphatic heterocycles. The third-order valence-electron chi connectivity index (χ3n) is 4.73. The lowest BCUT2D eigenvalue weighted by atomic mass is 10.1. The summed E-state index contributed by atoms with van der Waals surface area (Å²) in [5.74, 6) is 0. The minimum Gasteiger partial charge on any atom is -0.371 e. The zero-order chi connectivity index (χ0) is 19.7. The Labute approximate surface area is 164 Å². The van der Waals surface area contributed by atoms with Crippen LogP contribution in [-0.4, -0.2) is 44.3 Å². The van der Waals surface area contributed by atoms with Crippen molar-refractivity contribution in [3.05, 3.63) is 35.6 Å². The zero-order valence-corrected chi connectivity index (χ0v) is 18.2. The maximum atomic E-state index is 6.00. The number of hydrogen-bond acceptors (Lipinski definition) is 5. The predicted molar refractivity (Wildman–Crippen MR) is 117 cm³/mol. The highest BCUT2D eigenvalue weighted by molar-refractivity contribution is 7.97. The summed E-state index contributed by atoms with van der Waals surface area (Å²) < 4.78 is 0. The van der Waals surface area contributed by atoms with Crippen LogP contribution in [0.3, 0.4) is 0 Å². The standard InChI is InChI=1S/C21H36N4S/c1-8-11-13-25(14-12-9-2)20-15-18(16-21(26-22)17(20)4)19(10-3)24(7)23(5)6/h15-16H,3,8-9,11-14,22H2,1-2,4-7H3. The molecule has 1 aromatic carbocycles. The molecule has 0 unspecified atom stereocenters. The quantitative estimate of drug-likeness (QED) is 0.338. The van der Waals surface area contributed by atoms with Crippen LogP contribution in [0.4, 0.5) is 5.69 Å². The highest BCUT2D eigenvalue weighted by atomic mass is 32.2. The van der Waals surface area contributed by atoms with Crippen LogP contribution in [0.5, 0.6) is 0 Å². The molecule has 0 aromatic heterocycles. The zero-order valence-electron chi connectivity index (χ0n) is 17.4. The molecule has 5 heteroatoms. The van der Waals surface area contributed by atoms with Crippen LogP contribution in [0.1, 0.15) is 50.7 Å². The Balaban J connectivity index is 3.43. The van der Waals surface area contributed by atoms with Crippen LogP contribution in [0.25, 0.3) is 5.70 Å². The molecule has 1 aromatic rings. The van der Waals surface area contributed by atoms with Gasteiger partial charge in [-0.15, -0.1) is 5.73 Å². The van der Waals surface area contributed by atoms with Gasteiger partial charge in [-0.25, -0.2) is 5.01 Å². The molecule has 0 atom stereocenters. The Hall–Kier alpha value is -1.39. The monoisotopic (exact) mass is 376 g/mol. The van der Waals surface area contributed by atoms with Gasteiger partial charge in [0.1, 0.15) is 5.70 Å². The van der Waals surface area contributed by atoms with E-state index in [1.165, 1.54) is 48.9 Å². The first-order valence-corrected chi connectivity index (χ1v) is 10.4. The van der Waals surface area contributed by atoms with E-state index in [0.717, 1.165) is 29.2 Å². The Bertz CT molecular complexity index is 613. The first kappa shape index (κ1) is 22.7. The van der Waals surface area contributed by atoms with Crippen molar-refractivity contribution in [2.24, 2.45) is 5.14 Å². The second-order valence-electron chi connectivity index (χ2n) is 6.83. The first-order valence-electron chi connectivity index (χ1n) is 9.48. The van der Waals surface area contributed by atoms with E-state index < -0.39 is 0 Å². The summed E-state index contributed by atoms with van der Waals surface area (Å²) in [6, 6.07) is 4.42. The third kappa shape index (κ3) is 5.82. The largest absolute Gasteiger partial charge is 0.371 e. The van der Waals surface area contributed by atoms with E-state index in [1.54, 1.807) is 0 Å². The van der Waals surface area contributed by atoms with Gasteiger partial charge in [0.2, 0.25) is 0 Å². The molecule has 0 bridgehead atoms. The molecular weight excluding hydrogens is 340 g/mol. The van der Waals surface area contributed by atoms with E-state index in [2.05, 4.69) is 55.1 Å². The lowest BCUT2D eigenvalue weighted by molar-refractivity contribution is 0.131. The lowest BCUT2D eigenvalue weighted by Gasteiger charge is -2.31. The Kier molecular flexibility index (Phi) is 9.89. The summed E-state index contributed by atoms with van der Waals surface area (Å²) in [6.45, 7) is 12.7. The van der Waals surface area contributed by atoms with Crippen molar-refractivity contribution in [3.8, 4) is 0 Å². The van der Waals surface area contributed by atoms with Gasteiger partial charge in [-0.3, -0.25) is 5.14 Å². The number of nitrogens with two attached hydrogens (primary N) is 1. The second-order valence-corrected chi connectivity index (χ2v) is 7.50. The molecule has 0 radical (unpaired) electrons. The van der Waals surface area contributed by atoms with Crippen LogP contribution in [0.15, 0.2) is 29.3 Å². The summed E-state index contributed by atoms with van der Waals surface area (Å²) in [5, 5.41) is 10.1. The molecule has 0 aliphatic rings. The molecule has 0 heterocycles. The number of hydrazine groups is 1. The highest BCUT2D eigenvalue weighted by Gasteiger charge is 2.17. The average molecular weight is 377 g/mol. The summed E-state index contributed by atoms with van der Waals surface area (Å²) in [4.78, 5) is 3.62. The molecular formula is C21H36N4S. The van der Waals surface area contributed by atoms with Gasteiger partial charge in [0.15, 0.2) is 0 Å². The SMILES string of the molecule is C=C=C(c1cc(SN)c(C)c(N(CCCC)CCCC)c1)N(C)N(C)C. The molecule has 0 aliphatic carbocycles. The lowest BCUT2D eigenvalue weighted by Crippen LogP contribution is -2.31. The average Bonchev–Trinajstić information content (AvgIpc) is 2.63. The molecule has 2 N–H and O–H groups in total. The molecule has 0 spiro atoms. The van der Waals surface area contributed by atoms with Crippen LogP contribution in [-0.2, 0) is 0 Å². The maximum absolute atomic E-state index is 6.00. The minimum absolute atomic E-state index is 0.956. The Morgan fingerprint density at radius 2 is 1.69 bits per heavy atom. The van der Waals surface area contributed by atoms with Gasteiger partial charge in [-0.1, -0.05) is 33.3 Å². The normalized spacial score (nSPS) is 10.8. The topological polar surface area (TPSA) is 35.7 Å². The fraction of sp³-hybridized carbons (Fsp3) is 0.571. The smallest absolute Gasteiger partial charge is 0.101 e. The minimum atomic E-state index is 0.956. The van der Waals surface area contributed by atoms with Gasteiger partial charge in [-0.05, 0) is 49.4 Å². The second kappa shape index (κ2) is 11.3. The summed E-state index contributed by atoms with van der Waals surface area (Å²) in [5.41, 5.74) is 7.69. The van der Waals surface area contributed by atoms with Crippen molar-refractivity contribution in [3.63, 3.8) is 0 Å². The van der Waals surface area contributed by atoms with E-state index >= 15 is 0 Å². The van der Waals surface area contributed by atoms with Crippen LogP contribution in [0, 0.1) is 6.92 Å². The number of hydrogen-bond donors (Lipinski definition) is 1. The number of unbranched alkanes of at least 4 members (excludes halogenated alkanes) is 2. The van der Waals surface area contributed by atoms with E-state index in [0.29, 0.717) is 0 Å². The van der Waals surface area contributed by atoms with Crippen molar-refractivity contribution in [2.45, 2.75) is 51.3 Å². The number of benzene rings is 1. The van der Waals surface area contributed by atoms with Gasteiger partial charge >= 0.3 is 0 Å². The highest BCUT2D eigenvalue weighted by Crippen LogP contribution is 2.33. The van der Waals surface area contributed by atoms with Crippen LogP contribution < -0.4 is 10.0 Å².